The van der Waals surface area contributed by atoms with Gasteiger partial charge in [-0.1, -0.05) is 251 Å². The highest BCUT2D eigenvalue weighted by atomic mass is 33.1. The van der Waals surface area contributed by atoms with Crippen LogP contribution in [0.3, 0.4) is 0 Å². The van der Waals surface area contributed by atoms with Crippen molar-refractivity contribution in [2.24, 2.45) is 0 Å². The first-order valence-electron chi connectivity index (χ1n) is 42.5. The van der Waals surface area contributed by atoms with Crippen molar-refractivity contribution in [2.45, 2.75) is 92.9 Å². The molecule has 0 atom stereocenters. The molecule has 12 nitrogen and oxygen atoms in total. The van der Waals surface area contributed by atoms with Gasteiger partial charge < -0.3 is 30.6 Å². The Hall–Kier alpha value is -13.4. The molecule has 14 aromatic rings. The van der Waals surface area contributed by atoms with Crippen LogP contribution in [0.2, 0.25) is 0 Å². The summed E-state index contributed by atoms with van der Waals surface area (Å²) >= 11 is 0. The minimum Gasteiger partial charge on any atom is -0.354 e. The van der Waals surface area contributed by atoms with E-state index in [4.69, 9.17) is 19.9 Å². The van der Waals surface area contributed by atoms with Gasteiger partial charge in [-0.15, -0.1) is 0 Å². The molecule has 0 saturated heterocycles. The number of H-pyrrole nitrogens is 4. The molecule has 0 aliphatic carbocycles. The van der Waals surface area contributed by atoms with E-state index in [1.165, 1.54) is 33.4 Å². The molecule has 0 saturated carbocycles. The zero-order chi connectivity index (χ0) is 83.2. The van der Waals surface area contributed by atoms with Crippen LogP contribution >= 0.6 is 21.6 Å². The Morgan fingerprint density at radius 1 is 0.230 bits per heavy atom. The first kappa shape index (κ1) is 79.7. The molecule has 0 radical (unpaired) electrons. The van der Waals surface area contributed by atoms with E-state index in [1.54, 1.807) is 0 Å². The zero-order valence-electron chi connectivity index (χ0n) is 69.6. The standard InChI is InChI=1S/C108H96N10O2S2/c1-67-15-27-73(28-16-67)99-83-47-51-87(111-83)101(75-31-19-69(3)20-32-75)91-55-59-95(115-91)105(96-60-56-92(116-96)102(88-52-48-84(99)112-88)76-33-21-70(4)22-34-76)79-39-43-81(44-40-79)107(119)109-63-11-7-9-13-65-121-122-66-14-10-8-12-64-110-108(120)82-45-41-80(42-46-82)106-97-61-57-93(117-97)103(77-35-23-71(5)24-36-77)89-53-49-85(113-89)100(74-29-17-68(2)18-30-74)86-50-54-90(114-86)104(94-58-62-98(106)118-94)78-37-25-72(6)26-38-78/h15-62,111,113,116,118H,7-14,63-66H2,1-6H3,(H,109,119)(H,110,120). The van der Waals surface area contributed by atoms with E-state index in [0.29, 0.717) is 24.2 Å². The molecule has 0 spiro atoms. The van der Waals surface area contributed by atoms with Gasteiger partial charge in [0.15, 0.2) is 0 Å². The van der Waals surface area contributed by atoms with Crippen molar-refractivity contribution in [1.29, 1.82) is 0 Å². The van der Waals surface area contributed by atoms with Crippen LogP contribution in [0.4, 0.5) is 0 Å². The van der Waals surface area contributed by atoms with Gasteiger partial charge in [0.25, 0.3) is 11.8 Å². The maximum atomic E-state index is 13.8. The van der Waals surface area contributed by atoms with Crippen molar-refractivity contribution in [1.82, 2.24) is 50.5 Å². The maximum Gasteiger partial charge on any atom is 0.251 e. The number of aryl methyl sites for hydroxylation is 6. The lowest BCUT2D eigenvalue weighted by Crippen LogP contribution is -2.24. The summed E-state index contributed by atoms with van der Waals surface area (Å²) in [5.74, 6) is 2.05. The molecule has 6 N–H and O–H groups in total. The predicted octanol–water partition coefficient (Wildman–Crippen LogP) is 27.5. The number of amides is 2. The average molecular weight is 1630 g/mol. The van der Waals surface area contributed by atoms with E-state index in [0.717, 1.165) is 242 Å². The van der Waals surface area contributed by atoms with Crippen LogP contribution < -0.4 is 10.6 Å². The molecule has 6 aromatic heterocycles. The normalized spacial score (nSPS) is 12.1. The van der Waals surface area contributed by atoms with Crippen LogP contribution in [0.1, 0.15) is 151 Å². The number of unbranched alkanes of at least 4 members (excludes halogenated alkanes) is 6. The van der Waals surface area contributed by atoms with Gasteiger partial charge in [0.2, 0.25) is 0 Å². The summed E-state index contributed by atoms with van der Waals surface area (Å²) in [5, 5.41) is 6.42. The lowest BCUT2D eigenvalue weighted by molar-refractivity contribution is 0.0944. The molecule has 0 fully saturated rings. The van der Waals surface area contributed by atoms with E-state index in [2.05, 4.69) is 315 Å². The highest BCUT2D eigenvalue weighted by Crippen LogP contribution is 2.43. The largest absolute Gasteiger partial charge is 0.354 e. The molecule has 0 unspecified atom stereocenters. The van der Waals surface area contributed by atoms with Gasteiger partial charge in [0, 0.05) is 124 Å². The number of hydrogen-bond donors (Lipinski definition) is 6. The summed E-state index contributed by atoms with van der Waals surface area (Å²) in [6.45, 7) is 13.9. The highest BCUT2D eigenvalue weighted by molar-refractivity contribution is 8.76. The van der Waals surface area contributed by atoms with E-state index in [-0.39, 0.29) is 11.8 Å². The van der Waals surface area contributed by atoms with Gasteiger partial charge in [-0.25, -0.2) is 19.9 Å². The van der Waals surface area contributed by atoms with E-state index < -0.39 is 0 Å². The van der Waals surface area contributed by atoms with Crippen LogP contribution in [0.25, 0.3) is 182 Å². The maximum absolute atomic E-state index is 13.8. The van der Waals surface area contributed by atoms with Crippen molar-refractivity contribution < 1.29 is 9.59 Å². The van der Waals surface area contributed by atoms with Crippen molar-refractivity contribution >= 4 is 126 Å². The molecule has 8 aromatic carbocycles. The van der Waals surface area contributed by atoms with Gasteiger partial charge in [0.05, 0.1) is 45.6 Å². The highest BCUT2D eigenvalue weighted by Gasteiger charge is 2.24. The second kappa shape index (κ2) is 35.9. The van der Waals surface area contributed by atoms with Gasteiger partial charge in [-0.2, -0.15) is 0 Å². The quantitative estimate of drug-likeness (QED) is 0.0242. The summed E-state index contributed by atoms with van der Waals surface area (Å²) in [6, 6.07) is 85.2. The number of carbonyl (C=O) groups is 2. The van der Waals surface area contributed by atoms with Crippen molar-refractivity contribution in [3.05, 3.63) is 333 Å². The monoisotopic (exact) mass is 1630 g/mol. The van der Waals surface area contributed by atoms with Crippen LogP contribution in [-0.2, 0) is 0 Å². The number of hydrogen-bond acceptors (Lipinski definition) is 8. The first-order chi connectivity index (χ1) is 59.7. The van der Waals surface area contributed by atoms with Gasteiger partial charge >= 0.3 is 0 Å². The zero-order valence-corrected chi connectivity index (χ0v) is 71.3. The molecule has 602 valence electrons. The van der Waals surface area contributed by atoms with Crippen LogP contribution in [0.5, 0.6) is 0 Å². The minimum atomic E-state index is -0.0802. The second-order valence-corrected chi connectivity index (χ2v) is 35.0. The number of benzene rings is 8. The molecule has 2 amide bonds. The fraction of sp³-hybridized carbons (Fsp3) is 0.167. The Morgan fingerprint density at radius 3 is 0.590 bits per heavy atom. The van der Waals surface area contributed by atoms with Crippen molar-refractivity contribution in [3.63, 3.8) is 0 Å². The predicted molar refractivity (Wildman–Crippen MR) is 516 cm³/mol. The molecule has 4 aliphatic rings. The summed E-state index contributed by atoms with van der Waals surface area (Å²) in [5.41, 5.74) is 38.6. The number of rotatable bonds is 25. The third kappa shape index (κ3) is 17.4. The smallest absolute Gasteiger partial charge is 0.251 e. The van der Waals surface area contributed by atoms with Gasteiger partial charge in [-0.05, 0) is 233 Å². The van der Waals surface area contributed by atoms with E-state index in [9.17, 15) is 9.59 Å². The van der Waals surface area contributed by atoms with Crippen molar-refractivity contribution in [2.75, 3.05) is 24.6 Å². The Kier molecular flexibility index (Phi) is 23.4. The average Bonchev–Trinajstić information content (AvgIpc) is 1.62. The summed E-state index contributed by atoms with van der Waals surface area (Å²) in [6.07, 6.45) is 25.5. The fourth-order valence-electron chi connectivity index (χ4n) is 16.7. The third-order valence-electron chi connectivity index (χ3n) is 23.4. The molecular formula is C108H96N10O2S2. The van der Waals surface area contributed by atoms with Crippen LogP contribution in [0, 0.1) is 41.5 Å². The summed E-state index contributed by atoms with van der Waals surface area (Å²) < 4.78 is 0. The summed E-state index contributed by atoms with van der Waals surface area (Å²) in [4.78, 5) is 65.1. The topological polar surface area (TPSA) is 173 Å². The number of carbonyl (C=O) groups excluding carboxylic acids is 2. The molecule has 14 heteroatoms. The fourth-order valence-corrected chi connectivity index (χ4v) is 19.0. The Bertz CT molecular complexity index is 6300. The van der Waals surface area contributed by atoms with Crippen LogP contribution in [0.15, 0.2) is 243 Å². The molecule has 16 bridgehead atoms. The van der Waals surface area contributed by atoms with E-state index >= 15 is 0 Å². The molecule has 4 aliphatic heterocycles. The molecule has 18 rings (SSSR count). The molecule has 10 heterocycles. The number of fused-ring (bicyclic) bond motifs is 16. The Labute approximate surface area is 720 Å². The lowest BCUT2D eigenvalue weighted by Gasteiger charge is -2.09. The summed E-state index contributed by atoms with van der Waals surface area (Å²) in [7, 11) is 3.92. The Balaban J connectivity index is 0.485. The number of nitrogens with one attached hydrogen (secondary N) is 6. The molecular weight excluding hydrogens is 1530 g/mol. The van der Waals surface area contributed by atoms with Crippen molar-refractivity contribution in [3.8, 4) is 89.0 Å². The minimum absolute atomic E-state index is 0.0802. The van der Waals surface area contributed by atoms with Gasteiger partial charge in [0.1, 0.15) is 0 Å². The SMILES string of the molecule is Cc1ccc(-c2c3nc(c(-c4ccc(C)cc4)c4ccc([nH]4)c(-c4ccc(C(=O)NCCCCCCSSCCCCCCNC(=O)c5ccc(-c6c7nc(c(-c8ccc(C)cc8)c8ccc([nH]8)c(-c8ccc(C)cc8)c8nc(c(-c9ccc(C)cc9)c9ccc6[nH]9)C=C8)C=C7)cc5)cc4)c4nc(c(-c5ccc(C)cc5)c5ccc2[nH]5)C=C4)C=C3)cc1. The number of aromatic amines is 4. The Morgan fingerprint density at radius 2 is 0.402 bits per heavy atom. The first-order valence-corrected chi connectivity index (χ1v) is 45.0. The van der Waals surface area contributed by atoms with E-state index in [1.807, 2.05) is 70.1 Å². The second-order valence-electron chi connectivity index (χ2n) is 32.3. The lowest BCUT2D eigenvalue weighted by atomic mass is 10.0. The number of aromatic nitrogens is 8. The third-order valence-corrected chi connectivity index (χ3v) is 26.0. The number of nitrogens with zero attached hydrogens (tertiary/aromatic N) is 4. The molecule has 122 heavy (non-hydrogen) atoms. The van der Waals surface area contributed by atoms with Crippen LogP contribution in [-0.4, -0.2) is 76.3 Å². The van der Waals surface area contributed by atoms with Gasteiger partial charge in [-0.3, -0.25) is 9.59 Å².